The monoisotopic (exact) mass is 484 g/mol. The summed E-state index contributed by atoms with van der Waals surface area (Å²) in [5, 5.41) is 11.3. The summed E-state index contributed by atoms with van der Waals surface area (Å²) < 4.78 is 24.9. The Morgan fingerprint density at radius 3 is 2.49 bits per heavy atom. The third-order valence-corrected chi connectivity index (χ3v) is 5.49. The van der Waals surface area contributed by atoms with Gasteiger partial charge in [0, 0.05) is 25.8 Å². The molecule has 0 saturated carbocycles. The molecule has 0 bridgehead atoms. The molecule has 0 atom stereocenters. The third kappa shape index (κ3) is 5.22. The molecule has 4 rings (SSSR count). The predicted molar refractivity (Wildman–Crippen MR) is 125 cm³/mol. The van der Waals surface area contributed by atoms with Crippen molar-refractivity contribution in [2.24, 2.45) is 0 Å². The highest BCUT2D eigenvalue weighted by Crippen LogP contribution is 2.36. The number of hydrogen-bond donors (Lipinski definition) is 1. The fraction of sp³-hybridized carbons (Fsp3) is 0.391. The Labute approximate surface area is 202 Å². The van der Waals surface area contributed by atoms with Crippen molar-refractivity contribution in [1.29, 1.82) is 0 Å². The number of rotatable bonds is 9. The molecule has 1 aliphatic rings. The van der Waals surface area contributed by atoms with Crippen molar-refractivity contribution in [3.05, 3.63) is 48.0 Å². The number of nitrogens with one attached hydrogen (secondary N) is 1. The fourth-order valence-electron chi connectivity index (χ4n) is 3.69. The first-order valence-corrected chi connectivity index (χ1v) is 11.2. The maximum Gasteiger partial charge on any atom is 0.276 e. The van der Waals surface area contributed by atoms with Crippen LogP contribution >= 0.6 is 0 Å². The number of carbonyl (C=O) groups is 2. The van der Waals surface area contributed by atoms with Gasteiger partial charge in [0.1, 0.15) is 5.69 Å². The van der Waals surface area contributed by atoms with Gasteiger partial charge >= 0.3 is 0 Å². The number of aryl methyl sites for hydroxylation is 1. The lowest BCUT2D eigenvalue weighted by Gasteiger charge is -2.27. The van der Waals surface area contributed by atoms with Crippen molar-refractivity contribution in [2.45, 2.75) is 20.2 Å². The lowest BCUT2D eigenvalue weighted by Crippen LogP contribution is -2.41. The van der Waals surface area contributed by atoms with E-state index in [1.807, 2.05) is 6.92 Å². The lowest BCUT2D eigenvalue weighted by molar-refractivity contribution is 0.0295. The van der Waals surface area contributed by atoms with Crippen molar-refractivity contribution >= 4 is 17.5 Å². The van der Waals surface area contributed by atoms with Gasteiger partial charge in [-0.05, 0) is 25.1 Å². The third-order valence-electron chi connectivity index (χ3n) is 5.49. The smallest absolute Gasteiger partial charge is 0.276 e. The summed E-state index contributed by atoms with van der Waals surface area (Å²) >= 11 is 0. The highest BCUT2D eigenvalue weighted by Gasteiger charge is 2.26. The quantitative estimate of drug-likeness (QED) is 0.489. The van der Waals surface area contributed by atoms with Gasteiger partial charge in [-0.3, -0.25) is 14.3 Å². The molecule has 2 amide bonds. The molecule has 0 unspecified atom stereocenters. The number of aromatic nitrogens is 4. The number of benzene rings is 1. The number of carbonyl (C=O) groups excluding carboxylic acids is 2. The normalized spacial score (nSPS) is 13.4. The zero-order valence-electron chi connectivity index (χ0n) is 19.9. The summed E-state index contributed by atoms with van der Waals surface area (Å²) in [6.45, 7) is 4.33. The van der Waals surface area contributed by atoms with Gasteiger partial charge in [-0.15, -0.1) is 0 Å². The Bertz CT molecular complexity index is 1160. The molecule has 3 aromatic rings. The van der Waals surface area contributed by atoms with E-state index in [0.29, 0.717) is 61.5 Å². The zero-order valence-corrected chi connectivity index (χ0v) is 19.9. The number of ether oxygens (including phenoxy) is 4. The maximum absolute atomic E-state index is 13.1. The van der Waals surface area contributed by atoms with Crippen LogP contribution in [0.5, 0.6) is 17.2 Å². The SMILES string of the molecule is CCn1ncc(NC(=O)c2ccn(COc3c(OC)cccc3OC)n2)c1C(=O)N1CCOCC1. The Morgan fingerprint density at radius 2 is 1.83 bits per heavy atom. The molecule has 35 heavy (non-hydrogen) atoms. The second-order valence-electron chi connectivity index (χ2n) is 7.59. The van der Waals surface area contributed by atoms with Crippen LogP contribution in [0.1, 0.15) is 27.9 Å². The van der Waals surface area contributed by atoms with Gasteiger partial charge in [0.25, 0.3) is 11.8 Å². The van der Waals surface area contributed by atoms with Gasteiger partial charge in [-0.1, -0.05) is 6.07 Å². The highest BCUT2D eigenvalue weighted by molar-refractivity contribution is 6.07. The van der Waals surface area contributed by atoms with Crippen molar-refractivity contribution in [3.63, 3.8) is 0 Å². The Hall–Kier alpha value is -4.06. The van der Waals surface area contributed by atoms with Crippen LogP contribution in [0.15, 0.2) is 36.7 Å². The number of hydrogen-bond acceptors (Lipinski definition) is 8. The largest absolute Gasteiger partial charge is 0.493 e. The number of morpholine rings is 1. The van der Waals surface area contributed by atoms with Gasteiger partial charge in [0.05, 0.1) is 39.3 Å². The fourth-order valence-corrected chi connectivity index (χ4v) is 3.69. The molecule has 12 nitrogen and oxygen atoms in total. The summed E-state index contributed by atoms with van der Waals surface area (Å²) in [7, 11) is 3.08. The Morgan fingerprint density at radius 1 is 1.11 bits per heavy atom. The minimum Gasteiger partial charge on any atom is -0.493 e. The van der Waals surface area contributed by atoms with Crippen molar-refractivity contribution in [2.75, 3.05) is 45.8 Å². The van der Waals surface area contributed by atoms with E-state index in [4.69, 9.17) is 18.9 Å². The van der Waals surface area contributed by atoms with Crippen molar-refractivity contribution in [1.82, 2.24) is 24.5 Å². The van der Waals surface area contributed by atoms with Gasteiger partial charge in [-0.2, -0.15) is 10.2 Å². The van der Waals surface area contributed by atoms with E-state index in [9.17, 15) is 9.59 Å². The van der Waals surface area contributed by atoms with E-state index < -0.39 is 5.91 Å². The van der Waals surface area contributed by atoms with E-state index in [1.54, 1.807) is 40.0 Å². The second-order valence-corrected chi connectivity index (χ2v) is 7.59. The Kier molecular flexibility index (Phi) is 7.51. The summed E-state index contributed by atoms with van der Waals surface area (Å²) in [4.78, 5) is 27.7. The second kappa shape index (κ2) is 10.9. The molecular formula is C23H28N6O6. The lowest BCUT2D eigenvalue weighted by atomic mass is 10.2. The number of methoxy groups -OCH3 is 2. The summed E-state index contributed by atoms with van der Waals surface area (Å²) in [6, 6.07) is 6.86. The van der Waals surface area contributed by atoms with Crippen LogP contribution in [0.4, 0.5) is 5.69 Å². The first-order valence-electron chi connectivity index (χ1n) is 11.2. The molecule has 12 heteroatoms. The highest BCUT2D eigenvalue weighted by atomic mass is 16.5. The van der Waals surface area contributed by atoms with Gasteiger partial charge in [0.2, 0.25) is 5.75 Å². The van der Waals surface area contributed by atoms with Crippen molar-refractivity contribution in [3.8, 4) is 17.2 Å². The van der Waals surface area contributed by atoms with E-state index in [0.717, 1.165) is 0 Å². The molecule has 2 aromatic heterocycles. The van der Waals surface area contributed by atoms with Crippen LogP contribution < -0.4 is 19.5 Å². The Balaban J connectivity index is 1.46. The number of nitrogens with zero attached hydrogens (tertiary/aromatic N) is 5. The zero-order chi connectivity index (χ0) is 24.8. The van der Waals surface area contributed by atoms with E-state index >= 15 is 0 Å². The van der Waals surface area contributed by atoms with Crippen LogP contribution in [0.25, 0.3) is 0 Å². The molecule has 0 aliphatic carbocycles. The summed E-state index contributed by atoms with van der Waals surface area (Å²) in [6.07, 6.45) is 3.09. The molecule has 0 spiro atoms. The average molecular weight is 485 g/mol. The van der Waals surface area contributed by atoms with Crippen LogP contribution in [-0.4, -0.2) is 76.8 Å². The summed E-state index contributed by atoms with van der Waals surface area (Å²) in [5.41, 5.74) is 0.821. The average Bonchev–Trinajstić information content (AvgIpc) is 3.54. The molecule has 1 aliphatic heterocycles. The molecule has 1 saturated heterocycles. The van der Waals surface area contributed by atoms with E-state index in [1.165, 1.54) is 25.1 Å². The molecule has 186 valence electrons. The summed E-state index contributed by atoms with van der Waals surface area (Å²) in [5.74, 6) is 0.787. The maximum atomic E-state index is 13.1. The van der Waals surface area contributed by atoms with Crippen molar-refractivity contribution < 1.29 is 28.5 Å². The van der Waals surface area contributed by atoms with Crippen LogP contribution in [0.2, 0.25) is 0 Å². The van der Waals surface area contributed by atoms with E-state index in [2.05, 4.69) is 15.5 Å². The van der Waals surface area contributed by atoms with E-state index in [-0.39, 0.29) is 18.3 Å². The molecule has 0 radical (unpaired) electrons. The number of amides is 2. The van der Waals surface area contributed by atoms with Gasteiger partial charge in [0.15, 0.2) is 23.9 Å². The minimum absolute atomic E-state index is 0.0263. The molecule has 1 fully saturated rings. The topological polar surface area (TPSA) is 122 Å². The predicted octanol–water partition coefficient (Wildman–Crippen LogP) is 1.88. The van der Waals surface area contributed by atoms with Crippen LogP contribution in [-0.2, 0) is 18.0 Å². The van der Waals surface area contributed by atoms with Crippen LogP contribution in [0, 0.1) is 0 Å². The number of para-hydroxylation sites is 1. The first-order chi connectivity index (χ1) is 17.0. The molecule has 1 N–H and O–H groups in total. The molecule has 1 aromatic carbocycles. The minimum atomic E-state index is -0.467. The molecular weight excluding hydrogens is 456 g/mol. The van der Waals surface area contributed by atoms with Gasteiger partial charge in [-0.25, -0.2) is 4.68 Å². The molecule has 3 heterocycles. The standard InChI is InChI=1S/C23H28N6O6/c1-4-29-20(23(31)27-10-12-34-13-11-27)17(14-24-29)25-22(30)16-8-9-28(26-16)15-35-21-18(32-2)6-5-7-19(21)33-3/h5-9,14H,4,10-13,15H2,1-3H3,(H,25,30). The van der Waals surface area contributed by atoms with Crippen LogP contribution in [0.3, 0.4) is 0 Å². The number of anilines is 1. The first kappa shape index (κ1) is 24.1. The van der Waals surface area contributed by atoms with Gasteiger partial charge < -0.3 is 29.2 Å².